The van der Waals surface area contributed by atoms with Crippen molar-refractivity contribution in [3.8, 4) is 0 Å². The van der Waals surface area contributed by atoms with Gasteiger partial charge in [0.15, 0.2) is 11.6 Å². The van der Waals surface area contributed by atoms with Crippen LogP contribution in [0.15, 0.2) is 42.5 Å². The third-order valence-corrected chi connectivity index (χ3v) is 4.13. The minimum Gasteiger partial charge on any atom is -0.396 e. The predicted octanol–water partition coefficient (Wildman–Crippen LogP) is 3.24. The lowest BCUT2D eigenvalue weighted by atomic mass is 10.1. The van der Waals surface area contributed by atoms with Crippen LogP contribution in [-0.2, 0) is 11.2 Å². The molecule has 5 heteroatoms. The molecule has 3 rings (SSSR count). The molecule has 3 nitrogen and oxygen atoms in total. The molecule has 2 aromatic carbocycles. The first-order chi connectivity index (χ1) is 11.1. The first kappa shape index (κ1) is 15.6. The van der Waals surface area contributed by atoms with Crippen LogP contribution in [0, 0.1) is 17.6 Å². The number of amides is 1. The zero-order valence-electron chi connectivity index (χ0n) is 12.4. The van der Waals surface area contributed by atoms with E-state index in [0.717, 1.165) is 11.6 Å². The summed E-state index contributed by atoms with van der Waals surface area (Å²) in [5.74, 6) is -2.52. The van der Waals surface area contributed by atoms with Crippen molar-refractivity contribution in [3.63, 3.8) is 0 Å². The van der Waals surface area contributed by atoms with Crippen molar-refractivity contribution < 1.29 is 18.7 Å². The maximum absolute atomic E-state index is 13.7. The van der Waals surface area contributed by atoms with Crippen LogP contribution >= 0.6 is 0 Å². The van der Waals surface area contributed by atoms with Gasteiger partial charge in [-0.2, -0.15) is 0 Å². The van der Waals surface area contributed by atoms with E-state index in [-0.39, 0.29) is 29.9 Å². The van der Waals surface area contributed by atoms with Crippen LogP contribution in [0.1, 0.15) is 23.5 Å². The van der Waals surface area contributed by atoms with Crippen LogP contribution in [0.3, 0.4) is 0 Å². The van der Waals surface area contributed by atoms with E-state index in [1.54, 1.807) is 12.1 Å². The van der Waals surface area contributed by atoms with E-state index >= 15 is 0 Å². The maximum atomic E-state index is 13.7. The molecule has 0 heterocycles. The number of halogens is 2. The second-order valence-corrected chi connectivity index (χ2v) is 5.75. The number of hydrogen-bond acceptors (Lipinski definition) is 2. The molecule has 0 saturated heterocycles. The highest BCUT2D eigenvalue weighted by molar-refractivity contribution is 5.95. The van der Waals surface area contributed by atoms with Crippen molar-refractivity contribution in [1.29, 1.82) is 0 Å². The highest BCUT2D eigenvalue weighted by Gasteiger charge is 2.45. The molecule has 2 atom stereocenters. The third-order valence-electron chi connectivity index (χ3n) is 4.13. The Labute approximate surface area is 133 Å². The monoisotopic (exact) mass is 317 g/mol. The molecule has 2 N–H and O–H groups in total. The second kappa shape index (κ2) is 6.46. The van der Waals surface area contributed by atoms with E-state index in [1.165, 1.54) is 12.1 Å². The smallest absolute Gasteiger partial charge is 0.228 e. The van der Waals surface area contributed by atoms with E-state index in [1.807, 2.05) is 12.1 Å². The van der Waals surface area contributed by atoms with Gasteiger partial charge in [0.25, 0.3) is 0 Å². The van der Waals surface area contributed by atoms with Gasteiger partial charge in [-0.05, 0) is 48.1 Å². The van der Waals surface area contributed by atoms with Gasteiger partial charge in [0, 0.05) is 18.2 Å². The lowest BCUT2D eigenvalue weighted by Gasteiger charge is -2.07. The van der Waals surface area contributed by atoms with E-state index in [0.29, 0.717) is 18.5 Å². The van der Waals surface area contributed by atoms with Gasteiger partial charge < -0.3 is 10.4 Å². The number of rotatable bonds is 5. The topological polar surface area (TPSA) is 49.3 Å². The maximum Gasteiger partial charge on any atom is 0.228 e. The molecule has 1 fully saturated rings. The minimum absolute atomic E-state index is 0.0780. The van der Waals surface area contributed by atoms with Crippen LogP contribution in [0.25, 0.3) is 0 Å². The van der Waals surface area contributed by atoms with Crippen molar-refractivity contribution in [2.75, 3.05) is 11.9 Å². The Hall–Kier alpha value is -2.27. The summed E-state index contributed by atoms with van der Waals surface area (Å²) in [5, 5.41) is 11.7. The summed E-state index contributed by atoms with van der Waals surface area (Å²) in [5.41, 5.74) is 1.90. The molecule has 1 saturated carbocycles. The Morgan fingerprint density at radius 1 is 1.17 bits per heavy atom. The zero-order valence-corrected chi connectivity index (χ0v) is 12.4. The third kappa shape index (κ3) is 3.40. The second-order valence-electron chi connectivity index (χ2n) is 5.75. The first-order valence-electron chi connectivity index (χ1n) is 7.54. The number of aliphatic hydroxyl groups is 1. The number of aliphatic hydroxyl groups excluding tert-OH is 1. The Kier molecular flexibility index (Phi) is 4.39. The first-order valence-corrected chi connectivity index (χ1v) is 7.54. The molecule has 0 aliphatic heterocycles. The minimum atomic E-state index is -0.881. The van der Waals surface area contributed by atoms with Crippen LogP contribution in [0.2, 0.25) is 0 Å². The molecule has 1 amide bonds. The molecular weight excluding hydrogens is 300 g/mol. The molecular formula is C18H17F2NO2. The summed E-state index contributed by atoms with van der Waals surface area (Å²) in [6.45, 7) is 0.0780. The molecule has 0 bridgehead atoms. The largest absolute Gasteiger partial charge is 0.396 e. The number of carbonyl (C=O) groups excluding carboxylic acids is 1. The Bertz CT molecular complexity index is 715. The molecule has 1 aliphatic rings. The number of anilines is 1. The van der Waals surface area contributed by atoms with Crippen molar-refractivity contribution in [2.24, 2.45) is 5.92 Å². The van der Waals surface area contributed by atoms with Gasteiger partial charge >= 0.3 is 0 Å². The fraction of sp³-hybridized carbons (Fsp3) is 0.278. The van der Waals surface area contributed by atoms with Crippen molar-refractivity contribution >= 4 is 11.6 Å². The van der Waals surface area contributed by atoms with E-state index in [9.17, 15) is 13.6 Å². The molecule has 2 aromatic rings. The van der Waals surface area contributed by atoms with E-state index < -0.39 is 11.6 Å². The highest BCUT2D eigenvalue weighted by atomic mass is 19.2. The summed E-state index contributed by atoms with van der Waals surface area (Å²) in [6, 6.07) is 11.3. The average molecular weight is 317 g/mol. The Morgan fingerprint density at radius 3 is 2.61 bits per heavy atom. The van der Waals surface area contributed by atoms with Crippen LogP contribution in [0.5, 0.6) is 0 Å². The Morgan fingerprint density at radius 2 is 1.91 bits per heavy atom. The summed E-state index contributed by atoms with van der Waals surface area (Å²) in [7, 11) is 0. The van der Waals surface area contributed by atoms with Gasteiger partial charge in [-0.3, -0.25) is 4.79 Å². The standard InChI is InChI=1S/C18H17F2NO2/c19-16-3-1-2-13(17(16)20)14-10-15(14)18(23)21-12-6-4-11(5-7-12)8-9-22/h1-7,14-15,22H,8-10H2,(H,21,23). The fourth-order valence-corrected chi connectivity index (χ4v) is 2.75. The molecule has 0 aromatic heterocycles. The van der Waals surface area contributed by atoms with E-state index in [2.05, 4.69) is 5.32 Å². The zero-order chi connectivity index (χ0) is 16.4. The molecule has 0 radical (unpaired) electrons. The summed E-state index contributed by atoms with van der Waals surface area (Å²) < 4.78 is 27.0. The summed E-state index contributed by atoms with van der Waals surface area (Å²) in [4.78, 5) is 12.2. The van der Waals surface area contributed by atoms with Gasteiger partial charge in [0.2, 0.25) is 5.91 Å². The van der Waals surface area contributed by atoms with E-state index in [4.69, 9.17) is 5.11 Å². The number of hydrogen-bond donors (Lipinski definition) is 2. The fourth-order valence-electron chi connectivity index (χ4n) is 2.75. The molecule has 120 valence electrons. The number of benzene rings is 2. The van der Waals surface area contributed by atoms with Gasteiger partial charge in [-0.1, -0.05) is 24.3 Å². The van der Waals surface area contributed by atoms with Crippen LogP contribution in [-0.4, -0.2) is 17.6 Å². The summed E-state index contributed by atoms with van der Waals surface area (Å²) >= 11 is 0. The SMILES string of the molecule is O=C(Nc1ccc(CCO)cc1)C1CC1c1cccc(F)c1F. The van der Waals surface area contributed by atoms with Crippen molar-refractivity contribution in [2.45, 2.75) is 18.8 Å². The summed E-state index contributed by atoms with van der Waals surface area (Å²) in [6.07, 6.45) is 1.09. The normalized spacial score (nSPS) is 19.4. The highest BCUT2D eigenvalue weighted by Crippen LogP contribution is 2.49. The van der Waals surface area contributed by atoms with Crippen LogP contribution in [0.4, 0.5) is 14.5 Å². The lowest BCUT2D eigenvalue weighted by molar-refractivity contribution is -0.117. The number of nitrogens with one attached hydrogen (secondary N) is 1. The molecule has 23 heavy (non-hydrogen) atoms. The number of carbonyl (C=O) groups is 1. The van der Waals surface area contributed by atoms with Gasteiger partial charge in [-0.15, -0.1) is 0 Å². The van der Waals surface area contributed by atoms with Gasteiger partial charge in [0.1, 0.15) is 0 Å². The quantitative estimate of drug-likeness (QED) is 0.889. The van der Waals surface area contributed by atoms with Crippen LogP contribution < -0.4 is 5.32 Å². The Balaban J connectivity index is 1.63. The molecule has 0 spiro atoms. The lowest BCUT2D eigenvalue weighted by Crippen LogP contribution is -2.14. The molecule has 1 aliphatic carbocycles. The van der Waals surface area contributed by atoms with Gasteiger partial charge in [0.05, 0.1) is 0 Å². The average Bonchev–Trinajstić information content (AvgIpc) is 3.33. The predicted molar refractivity (Wildman–Crippen MR) is 83.1 cm³/mol. The molecule has 2 unspecified atom stereocenters. The van der Waals surface area contributed by atoms with Gasteiger partial charge in [-0.25, -0.2) is 8.78 Å². The van der Waals surface area contributed by atoms with Crippen molar-refractivity contribution in [1.82, 2.24) is 0 Å². The van der Waals surface area contributed by atoms with Crippen molar-refractivity contribution in [3.05, 3.63) is 65.2 Å².